The highest BCUT2D eigenvalue weighted by Crippen LogP contribution is 2.28. The number of hydrogen-bond acceptors (Lipinski definition) is 6. The zero-order valence-electron chi connectivity index (χ0n) is 14.3. The zero-order valence-corrected chi connectivity index (χ0v) is 15.1. The maximum Gasteiger partial charge on any atom is 0.345 e. The van der Waals surface area contributed by atoms with Crippen LogP contribution in [0.2, 0.25) is 0 Å². The van der Waals surface area contributed by atoms with Crippen LogP contribution in [-0.4, -0.2) is 26.8 Å². The van der Waals surface area contributed by atoms with E-state index in [9.17, 15) is 14.7 Å². The highest BCUT2D eigenvalue weighted by molar-refractivity contribution is 7.10. The number of carboxylic acids is 1. The Morgan fingerprint density at radius 1 is 1.44 bits per heavy atom. The number of fused-ring (bicyclic) bond motifs is 1. The molecule has 4 heterocycles. The third-order valence-corrected chi connectivity index (χ3v) is 5.27. The van der Waals surface area contributed by atoms with Gasteiger partial charge in [0.2, 0.25) is 11.7 Å². The number of nitrogens with zero attached hydrogens (tertiary/aromatic N) is 1. The Morgan fingerprint density at radius 2 is 2.30 bits per heavy atom. The number of Topliss-reactive ketones (excluding diaryl/α,β-unsaturated/α-hetero) is 1. The number of carboxylic acid groups (broad SMARTS) is 1. The molecule has 0 radical (unpaired) electrons. The summed E-state index contributed by atoms with van der Waals surface area (Å²) in [6.45, 7) is 2.35. The first-order valence-corrected chi connectivity index (χ1v) is 9.03. The summed E-state index contributed by atoms with van der Waals surface area (Å²) >= 11 is 1.55. The first kappa shape index (κ1) is 17.0. The molecule has 0 spiro atoms. The van der Waals surface area contributed by atoms with E-state index in [4.69, 9.17) is 4.74 Å². The molecule has 8 heteroatoms. The third kappa shape index (κ3) is 3.11. The molecule has 3 N–H and O–H groups in total. The molecule has 0 amide bonds. The molecule has 0 unspecified atom stereocenters. The molecule has 4 rings (SSSR count). The Balaban J connectivity index is 1.63. The summed E-state index contributed by atoms with van der Waals surface area (Å²) in [6, 6.07) is 5.62. The van der Waals surface area contributed by atoms with Gasteiger partial charge in [-0.25, -0.2) is 9.78 Å². The molecule has 3 aromatic rings. The van der Waals surface area contributed by atoms with Crippen LogP contribution in [0.15, 0.2) is 53.2 Å². The van der Waals surface area contributed by atoms with Crippen molar-refractivity contribution in [3.05, 3.63) is 69.2 Å². The molecule has 0 aromatic carbocycles. The van der Waals surface area contributed by atoms with Gasteiger partial charge in [0.25, 0.3) is 0 Å². The van der Waals surface area contributed by atoms with Crippen molar-refractivity contribution in [2.24, 2.45) is 0 Å². The van der Waals surface area contributed by atoms with Crippen molar-refractivity contribution in [2.75, 3.05) is 0 Å². The van der Waals surface area contributed by atoms with Crippen molar-refractivity contribution in [3.63, 3.8) is 0 Å². The van der Waals surface area contributed by atoms with Crippen LogP contribution in [0.1, 0.15) is 16.0 Å². The quantitative estimate of drug-likeness (QED) is 0.464. The number of thiophene rings is 1. The van der Waals surface area contributed by atoms with Gasteiger partial charge in [-0.15, -0.1) is 11.3 Å². The van der Waals surface area contributed by atoms with Gasteiger partial charge in [0, 0.05) is 28.2 Å². The number of carbonyl (C=O) groups is 2. The maximum absolute atomic E-state index is 12.6. The number of carbonyl (C=O) groups excluding carboxylic acids is 1. The average Bonchev–Trinajstić information content (AvgIpc) is 3.32. The van der Waals surface area contributed by atoms with Gasteiger partial charge in [-0.2, -0.15) is 0 Å². The van der Waals surface area contributed by atoms with Crippen molar-refractivity contribution in [2.45, 2.75) is 13.5 Å². The van der Waals surface area contributed by atoms with Crippen LogP contribution in [0.3, 0.4) is 0 Å². The van der Waals surface area contributed by atoms with Crippen LogP contribution < -0.4 is 5.32 Å². The van der Waals surface area contributed by atoms with E-state index < -0.39 is 17.3 Å². The number of aryl methyl sites for hydroxylation is 1. The van der Waals surface area contributed by atoms with Gasteiger partial charge in [0.1, 0.15) is 5.65 Å². The van der Waals surface area contributed by atoms with E-state index in [1.54, 1.807) is 29.8 Å². The summed E-state index contributed by atoms with van der Waals surface area (Å²) in [5.74, 6) is -2.06. The molecule has 7 nitrogen and oxygen atoms in total. The standard InChI is InChI=1S/C19H15N3O4S/c1-10-4-6-27-14(10)9-22-18-15(19(24)25)16(23)13(26-18)7-11-8-21-17-12(11)3-2-5-20-17/h2-8,22H,9H2,1H3,(H,20,21)(H,24,25). The SMILES string of the molecule is Cc1ccsc1CNC1=C(C(=O)O)C(=O)C(=Cc2c[nH]c3ncccc23)O1. The lowest BCUT2D eigenvalue weighted by atomic mass is 10.1. The number of rotatable bonds is 5. The second kappa shape index (κ2) is 6.73. The first-order chi connectivity index (χ1) is 13.0. The van der Waals surface area contributed by atoms with E-state index >= 15 is 0 Å². The van der Waals surface area contributed by atoms with Crippen LogP contribution in [0.5, 0.6) is 0 Å². The molecule has 136 valence electrons. The number of nitrogens with one attached hydrogen (secondary N) is 2. The Labute approximate surface area is 158 Å². The van der Waals surface area contributed by atoms with E-state index in [1.807, 2.05) is 24.4 Å². The molecule has 1 aliphatic rings. The van der Waals surface area contributed by atoms with Gasteiger partial charge in [-0.3, -0.25) is 4.79 Å². The number of aliphatic carboxylic acids is 1. The first-order valence-electron chi connectivity index (χ1n) is 8.15. The number of pyridine rings is 1. The average molecular weight is 381 g/mol. The summed E-state index contributed by atoms with van der Waals surface area (Å²) < 4.78 is 5.58. The lowest BCUT2D eigenvalue weighted by Gasteiger charge is -2.07. The number of aromatic nitrogens is 2. The van der Waals surface area contributed by atoms with Crippen molar-refractivity contribution < 1.29 is 19.4 Å². The summed E-state index contributed by atoms with van der Waals surface area (Å²) in [7, 11) is 0. The summed E-state index contributed by atoms with van der Waals surface area (Å²) in [6.07, 6.45) is 4.88. The van der Waals surface area contributed by atoms with Gasteiger partial charge in [0.05, 0.1) is 6.54 Å². The minimum Gasteiger partial charge on any atom is -0.477 e. The van der Waals surface area contributed by atoms with Gasteiger partial charge in [-0.1, -0.05) is 0 Å². The number of aromatic amines is 1. The van der Waals surface area contributed by atoms with Crippen LogP contribution in [0.25, 0.3) is 17.1 Å². The molecule has 0 saturated heterocycles. The van der Waals surface area contributed by atoms with Gasteiger partial charge in [-0.05, 0) is 42.1 Å². The minimum atomic E-state index is -1.32. The molecule has 3 aromatic heterocycles. The molecule has 0 atom stereocenters. The molecular formula is C19H15N3O4S. The van der Waals surface area contributed by atoms with Gasteiger partial charge >= 0.3 is 5.97 Å². The fraction of sp³-hybridized carbons (Fsp3) is 0.105. The highest BCUT2D eigenvalue weighted by atomic mass is 32.1. The molecule has 1 aliphatic heterocycles. The largest absolute Gasteiger partial charge is 0.477 e. The van der Waals surface area contributed by atoms with Crippen LogP contribution >= 0.6 is 11.3 Å². The Hall–Kier alpha value is -3.39. The Kier molecular flexibility index (Phi) is 4.25. The maximum atomic E-state index is 12.6. The number of H-pyrrole nitrogens is 1. The van der Waals surface area contributed by atoms with Crippen LogP contribution in [-0.2, 0) is 20.9 Å². The van der Waals surface area contributed by atoms with Gasteiger partial charge < -0.3 is 20.1 Å². The number of hydrogen-bond donors (Lipinski definition) is 3. The van der Waals surface area contributed by atoms with E-state index in [1.165, 1.54) is 6.08 Å². The molecule has 0 saturated carbocycles. The zero-order chi connectivity index (χ0) is 19.0. The topological polar surface area (TPSA) is 104 Å². The number of ketones is 1. The normalized spacial score (nSPS) is 15.6. The van der Waals surface area contributed by atoms with Crippen molar-refractivity contribution >= 4 is 40.2 Å². The number of allylic oxidation sites excluding steroid dienone is 1. The van der Waals surface area contributed by atoms with E-state index in [0.717, 1.165) is 15.8 Å². The highest BCUT2D eigenvalue weighted by Gasteiger charge is 2.35. The third-order valence-electron chi connectivity index (χ3n) is 4.25. The monoisotopic (exact) mass is 381 g/mol. The van der Waals surface area contributed by atoms with Crippen LogP contribution in [0, 0.1) is 6.92 Å². The lowest BCUT2D eigenvalue weighted by Crippen LogP contribution is -2.17. The predicted molar refractivity (Wildman–Crippen MR) is 101 cm³/mol. The van der Waals surface area contributed by atoms with Crippen molar-refractivity contribution in [1.29, 1.82) is 0 Å². The van der Waals surface area contributed by atoms with Crippen molar-refractivity contribution in [3.8, 4) is 0 Å². The summed E-state index contributed by atoms with van der Waals surface area (Å²) in [5.41, 5.74) is 2.07. The molecule has 0 bridgehead atoms. The molecule has 0 aliphatic carbocycles. The molecule has 27 heavy (non-hydrogen) atoms. The molecular weight excluding hydrogens is 366 g/mol. The second-order valence-electron chi connectivity index (χ2n) is 5.97. The minimum absolute atomic E-state index is 0.0375. The Morgan fingerprint density at radius 3 is 3.04 bits per heavy atom. The fourth-order valence-corrected chi connectivity index (χ4v) is 3.68. The van der Waals surface area contributed by atoms with Gasteiger partial charge in [0.15, 0.2) is 11.3 Å². The lowest BCUT2D eigenvalue weighted by molar-refractivity contribution is -0.134. The predicted octanol–water partition coefficient (Wildman–Crippen LogP) is 2.96. The summed E-state index contributed by atoms with van der Waals surface area (Å²) in [4.78, 5) is 32.4. The van der Waals surface area contributed by atoms with Crippen LogP contribution in [0.4, 0.5) is 0 Å². The second-order valence-corrected chi connectivity index (χ2v) is 6.97. The molecule has 0 fully saturated rings. The fourth-order valence-electron chi connectivity index (χ4n) is 2.83. The Bertz CT molecular complexity index is 1120. The van der Waals surface area contributed by atoms with Crippen molar-refractivity contribution in [1.82, 2.24) is 15.3 Å². The summed E-state index contributed by atoms with van der Waals surface area (Å²) in [5, 5.41) is 15.1. The number of ether oxygens (including phenoxy) is 1. The van der Waals surface area contributed by atoms with E-state index in [-0.39, 0.29) is 11.6 Å². The smallest absolute Gasteiger partial charge is 0.345 e. The van der Waals surface area contributed by atoms with E-state index in [0.29, 0.717) is 17.8 Å². The van der Waals surface area contributed by atoms with E-state index in [2.05, 4.69) is 15.3 Å².